The van der Waals surface area contributed by atoms with Gasteiger partial charge in [-0.05, 0) is 31.4 Å². The molecule has 0 radical (unpaired) electrons. The van der Waals surface area contributed by atoms with Crippen LogP contribution >= 0.6 is 0 Å². The van der Waals surface area contributed by atoms with Crippen molar-refractivity contribution < 1.29 is 14.3 Å². The molecule has 0 saturated carbocycles. The Morgan fingerprint density at radius 2 is 2.12 bits per heavy atom. The summed E-state index contributed by atoms with van der Waals surface area (Å²) < 4.78 is 10.9. The number of rotatable bonds is 4. The first-order chi connectivity index (χ1) is 11.7. The number of ether oxygens (including phenoxy) is 2. The van der Waals surface area contributed by atoms with Crippen LogP contribution in [0.2, 0.25) is 0 Å². The van der Waals surface area contributed by atoms with E-state index in [-0.39, 0.29) is 18.0 Å². The Labute approximate surface area is 141 Å². The molecule has 0 bridgehead atoms. The minimum Gasteiger partial charge on any atom is -0.472 e. The molecule has 1 atom stereocenters. The van der Waals surface area contributed by atoms with Crippen molar-refractivity contribution in [2.24, 2.45) is 0 Å². The molecule has 6 nitrogen and oxygen atoms in total. The molecule has 1 unspecified atom stereocenters. The molecule has 1 fully saturated rings. The SMILES string of the molecule is COc1nccc(OC2CCCN(C(=O)c3ccccc3C)C2)n1. The highest BCUT2D eigenvalue weighted by atomic mass is 16.5. The van der Waals surface area contributed by atoms with Crippen molar-refractivity contribution >= 4 is 5.91 Å². The zero-order chi connectivity index (χ0) is 16.9. The Hall–Kier alpha value is -2.63. The number of amides is 1. The maximum absolute atomic E-state index is 12.7. The van der Waals surface area contributed by atoms with Gasteiger partial charge in [-0.3, -0.25) is 4.79 Å². The quantitative estimate of drug-likeness (QED) is 0.863. The first-order valence-corrected chi connectivity index (χ1v) is 8.06. The van der Waals surface area contributed by atoms with Crippen molar-refractivity contribution in [1.29, 1.82) is 0 Å². The van der Waals surface area contributed by atoms with Gasteiger partial charge in [0.25, 0.3) is 5.91 Å². The zero-order valence-corrected chi connectivity index (χ0v) is 13.9. The van der Waals surface area contributed by atoms with Crippen molar-refractivity contribution in [2.45, 2.75) is 25.9 Å². The Morgan fingerprint density at radius 1 is 1.29 bits per heavy atom. The number of methoxy groups -OCH3 is 1. The Kier molecular flexibility index (Phi) is 4.93. The van der Waals surface area contributed by atoms with E-state index in [4.69, 9.17) is 9.47 Å². The largest absolute Gasteiger partial charge is 0.472 e. The van der Waals surface area contributed by atoms with Crippen LogP contribution in [0.4, 0.5) is 0 Å². The first-order valence-electron chi connectivity index (χ1n) is 8.06. The van der Waals surface area contributed by atoms with E-state index in [1.165, 1.54) is 7.11 Å². The van der Waals surface area contributed by atoms with E-state index in [2.05, 4.69) is 9.97 Å². The lowest BCUT2D eigenvalue weighted by atomic mass is 10.0. The molecule has 0 N–H and O–H groups in total. The molecule has 24 heavy (non-hydrogen) atoms. The summed E-state index contributed by atoms with van der Waals surface area (Å²) in [6, 6.07) is 9.64. The minimum atomic E-state index is -0.0775. The molecule has 6 heteroatoms. The molecule has 1 aromatic heterocycles. The summed E-state index contributed by atoms with van der Waals surface area (Å²) in [4.78, 5) is 22.7. The van der Waals surface area contributed by atoms with Crippen molar-refractivity contribution in [2.75, 3.05) is 20.2 Å². The van der Waals surface area contributed by atoms with Crippen molar-refractivity contribution in [1.82, 2.24) is 14.9 Å². The fourth-order valence-corrected chi connectivity index (χ4v) is 2.86. The number of aryl methyl sites for hydroxylation is 1. The molecule has 2 heterocycles. The normalized spacial score (nSPS) is 17.4. The lowest BCUT2D eigenvalue weighted by Crippen LogP contribution is -2.44. The van der Waals surface area contributed by atoms with Crippen molar-refractivity contribution in [3.63, 3.8) is 0 Å². The minimum absolute atomic E-state index is 0.0571. The van der Waals surface area contributed by atoms with Gasteiger partial charge in [0.15, 0.2) is 0 Å². The number of carbonyl (C=O) groups excluding carboxylic acids is 1. The van der Waals surface area contributed by atoms with Crippen LogP contribution in [0.1, 0.15) is 28.8 Å². The van der Waals surface area contributed by atoms with Crippen LogP contribution in [0, 0.1) is 6.92 Å². The maximum Gasteiger partial charge on any atom is 0.319 e. The molecule has 0 aliphatic carbocycles. The van der Waals surface area contributed by atoms with Crippen molar-refractivity contribution in [3.05, 3.63) is 47.7 Å². The lowest BCUT2D eigenvalue weighted by molar-refractivity contribution is 0.0525. The smallest absolute Gasteiger partial charge is 0.319 e. The summed E-state index contributed by atoms with van der Waals surface area (Å²) in [5.74, 6) is 0.527. The highest BCUT2D eigenvalue weighted by Gasteiger charge is 2.26. The van der Waals surface area contributed by atoms with E-state index < -0.39 is 0 Å². The lowest BCUT2D eigenvalue weighted by Gasteiger charge is -2.33. The highest BCUT2D eigenvalue weighted by Crippen LogP contribution is 2.20. The topological polar surface area (TPSA) is 64.6 Å². The second-order valence-corrected chi connectivity index (χ2v) is 5.83. The molecule has 1 aromatic carbocycles. The second kappa shape index (κ2) is 7.29. The monoisotopic (exact) mass is 327 g/mol. The van der Waals surface area contributed by atoms with Crippen LogP contribution in [-0.2, 0) is 0 Å². The van der Waals surface area contributed by atoms with Crippen molar-refractivity contribution in [3.8, 4) is 11.9 Å². The van der Waals surface area contributed by atoms with Gasteiger partial charge >= 0.3 is 6.01 Å². The molecule has 126 valence electrons. The fourth-order valence-electron chi connectivity index (χ4n) is 2.86. The third-order valence-electron chi connectivity index (χ3n) is 4.12. The van der Waals surface area contributed by atoms with Gasteiger partial charge in [0.05, 0.1) is 13.7 Å². The van der Waals surface area contributed by atoms with E-state index in [1.54, 1.807) is 12.3 Å². The number of hydrogen-bond donors (Lipinski definition) is 0. The Balaban J connectivity index is 1.68. The molecule has 1 saturated heterocycles. The molecule has 1 amide bonds. The summed E-state index contributed by atoms with van der Waals surface area (Å²) >= 11 is 0. The molecule has 1 aliphatic heterocycles. The summed E-state index contributed by atoms with van der Waals surface area (Å²) in [6.07, 6.45) is 3.32. The van der Waals surface area contributed by atoms with Crippen LogP contribution in [0.25, 0.3) is 0 Å². The number of likely N-dealkylation sites (tertiary alicyclic amines) is 1. The van der Waals surface area contributed by atoms with Crippen LogP contribution in [0.15, 0.2) is 36.5 Å². The number of benzene rings is 1. The second-order valence-electron chi connectivity index (χ2n) is 5.83. The van der Waals surface area contributed by atoms with Gasteiger partial charge in [-0.1, -0.05) is 18.2 Å². The van der Waals surface area contributed by atoms with E-state index in [0.29, 0.717) is 12.4 Å². The summed E-state index contributed by atoms with van der Waals surface area (Å²) in [5, 5.41) is 0. The van der Waals surface area contributed by atoms with E-state index in [1.807, 2.05) is 36.1 Å². The average molecular weight is 327 g/mol. The Bertz CT molecular complexity index is 720. The average Bonchev–Trinajstić information content (AvgIpc) is 2.62. The van der Waals surface area contributed by atoms with Crippen LogP contribution < -0.4 is 9.47 Å². The molecule has 3 rings (SSSR count). The van der Waals surface area contributed by atoms with E-state index in [9.17, 15) is 4.79 Å². The molecule has 0 spiro atoms. The summed E-state index contributed by atoms with van der Waals surface area (Å²) in [7, 11) is 1.52. The zero-order valence-electron chi connectivity index (χ0n) is 13.9. The van der Waals surface area contributed by atoms with Gasteiger partial charge in [-0.2, -0.15) is 4.98 Å². The maximum atomic E-state index is 12.7. The number of hydrogen-bond acceptors (Lipinski definition) is 5. The van der Waals surface area contributed by atoms with E-state index >= 15 is 0 Å². The standard InChI is InChI=1S/C18H21N3O3/c1-13-6-3-4-8-15(13)17(22)21-11-5-7-14(12-21)24-16-9-10-19-18(20-16)23-2/h3-4,6,8-10,14H,5,7,11-12H2,1-2H3. The fraction of sp³-hybridized carbons (Fsp3) is 0.389. The van der Waals surface area contributed by atoms with E-state index in [0.717, 1.165) is 30.5 Å². The highest BCUT2D eigenvalue weighted by molar-refractivity contribution is 5.95. The number of carbonyl (C=O) groups is 1. The van der Waals surface area contributed by atoms with Crippen LogP contribution in [-0.4, -0.2) is 47.1 Å². The predicted octanol–water partition coefficient (Wildman–Crippen LogP) is 2.48. The van der Waals surface area contributed by atoms with Gasteiger partial charge in [-0.25, -0.2) is 4.98 Å². The molecular weight excluding hydrogens is 306 g/mol. The molecule has 2 aromatic rings. The molecule has 1 aliphatic rings. The van der Waals surface area contributed by atoms with Crippen LogP contribution in [0.5, 0.6) is 11.9 Å². The van der Waals surface area contributed by atoms with Gasteiger partial charge in [-0.15, -0.1) is 0 Å². The third kappa shape index (κ3) is 3.64. The first kappa shape index (κ1) is 16.2. The number of piperidine rings is 1. The summed E-state index contributed by atoms with van der Waals surface area (Å²) in [5.41, 5.74) is 1.74. The van der Waals surface area contributed by atoms with Gasteiger partial charge < -0.3 is 14.4 Å². The predicted molar refractivity (Wildman–Crippen MR) is 89.3 cm³/mol. The Morgan fingerprint density at radius 3 is 2.92 bits per heavy atom. The summed E-state index contributed by atoms with van der Waals surface area (Å²) in [6.45, 7) is 3.26. The number of aromatic nitrogens is 2. The van der Waals surface area contributed by atoms with Gasteiger partial charge in [0.2, 0.25) is 5.88 Å². The van der Waals surface area contributed by atoms with Gasteiger partial charge in [0.1, 0.15) is 6.10 Å². The third-order valence-corrected chi connectivity index (χ3v) is 4.12. The molecular formula is C18H21N3O3. The van der Waals surface area contributed by atoms with Crippen LogP contribution in [0.3, 0.4) is 0 Å². The van der Waals surface area contributed by atoms with Gasteiger partial charge in [0, 0.05) is 24.4 Å². The number of nitrogens with zero attached hydrogens (tertiary/aromatic N) is 3.